The molecule has 124 valence electrons. The second kappa shape index (κ2) is 5.93. The summed E-state index contributed by atoms with van der Waals surface area (Å²) in [5, 5.41) is 0.181. The van der Waals surface area contributed by atoms with Gasteiger partial charge in [-0.25, -0.2) is 13.4 Å². The summed E-state index contributed by atoms with van der Waals surface area (Å²) in [6, 6.07) is 3.73. The SMILES string of the molecule is CC(C)(C)OC(=O)Cn1cnc2cc(S(=O)(=O)Cl)ccc2c1=O. The molecule has 0 radical (unpaired) electrons. The highest BCUT2D eigenvalue weighted by atomic mass is 35.7. The maximum Gasteiger partial charge on any atom is 0.326 e. The second-order valence-corrected chi connectivity index (χ2v) is 8.45. The van der Waals surface area contributed by atoms with Gasteiger partial charge in [-0.3, -0.25) is 14.2 Å². The van der Waals surface area contributed by atoms with E-state index in [1.165, 1.54) is 24.5 Å². The summed E-state index contributed by atoms with van der Waals surface area (Å²) in [4.78, 5) is 28.0. The van der Waals surface area contributed by atoms with Crippen molar-refractivity contribution in [3.8, 4) is 0 Å². The summed E-state index contributed by atoms with van der Waals surface area (Å²) in [7, 11) is 1.35. The van der Waals surface area contributed by atoms with Crippen LogP contribution < -0.4 is 5.56 Å². The minimum Gasteiger partial charge on any atom is -0.459 e. The molecule has 2 aromatic rings. The van der Waals surface area contributed by atoms with Crippen molar-refractivity contribution in [3.05, 3.63) is 34.9 Å². The van der Waals surface area contributed by atoms with Crippen LogP contribution in [0, 0.1) is 0 Å². The molecular formula is C14H15ClN2O5S. The molecule has 1 aromatic carbocycles. The highest BCUT2D eigenvalue weighted by Crippen LogP contribution is 2.18. The van der Waals surface area contributed by atoms with E-state index in [1.807, 2.05) is 0 Å². The smallest absolute Gasteiger partial charge is 0.326 e. The van der Waals surface area contributed by atoms with Gasteiger partial charge in [0.1, 0.15) is 12.1 Å². The predicted molar refractivity (Wildman–Crippen MR) is 84.9 cm³/mol. The molecule has 0 N–H and O–H groups in total. The van der Waals surface area contributed by atoms with Gasteiger partial charge in [0, 0.05) is 10.7 Å². The van der Waals surface area contributed by atoms with Crippen LogP contribution >= 0.6 is 10.7 Å². The molecule has 0 fully saturated rings. The van der Waals surface area contributed by atoms with Gasteiger partial charge in [-0.15, -0.1) is 0 Å². The summed E-state index contributed by atoms with van der Waals surface area (Å²) in [5.41, 5.74) is -0.953. The fraction of sp³-hybridized carbons (Fsp3) is 0.357. The van der Waals surface area contributed by atoms with Crippen LogP contribution in [0.4, 0.5) is 0 Å². The largest absolute Gasteiger partial charge is 0.459 e. The van der Waals surface area contributed by atoms with Crippen molar-refractivity contribution in [2.24, 2.45) is 0 Å². The lowest BCUT2D eigenvalue weighted by Gasteiger charge is -2.19. The Morgan fingerprint density at radius 1 is 1.35 bits per heavy atom. The third kappa shape index (κ3) is 4.29. The van der Waals surface area contributed by atoms with Gasteiger partial charge < -0.3 is 4.74 Å². The number of nitrogens with zero attached hydrogens (tertiary/aromatic N) is 2. The number of aromatic nitrogens is 2. The average molecular weight is 359 g/mol. The van der Waals surface area contributed by atoms with Crippen molar-refractivity contribution in [2.45, 2.75) is 37.8 Å². The standard InChI is InChI=1S/C14H15ClN2O5S/c1-14(2,3)22-12(18)7-17-8-16-11-6-9(23(15,20)21)4-5-10(11)13(17)19/h4-6,8H,7H2,1-3H3. The van der Waals surface area contributed by atoms with E-state index < -0.39 is 26.2 Å². The van der Waals surface area contributed by atoms with Crippen molar-refractivity contribution in [1.29, 1.82) is 0 Å². The summed E-state index contributed by atoms with van der Waals surface area (Å²) in [6.45, 7) is 4.88. The zero-order chi connectivity index (χ0) is 17.4. The van der Waals surface area contributed by atoms with E-state index in [1.54, 1.807) is 20.8 Å². The molecule has 23 heavy (non-hydrogen) atoms. The Labute approximate surface area is 137 Å². The predicted octanol–water partition coefficient (Wildman–Crippen LogP) is 1.67. The molecule has 0 bridgehead atoms. The van der Waals surface area contributed by atoms with Crippen molar-refractivity contribution in [3.63, 3.8) is 0 Å². The van der Waals surface area contributed by atoms with Crippen molar-refractivity contribution in [2.75, 3.05) is 0 Å². The quantitative estimate of drug-likeness (QED) is 0.611. The Hall–Kier alpha value is -1.93. The molecule has 2 rings (SSSR count). The van der Waals surface area contributed by atoms with Crippen LogP contribution in [0.2, 0.25) is 0 Å². The fourth-order valence-corrected chi connectivity index (χ4v) is 2.69. The summed E-state index contributed by atoms with van der Waals surface area (Å²) in [6.07, 6.45) is 1.17. The summed E-state index contributed by atoms with van der Waals surface area (Å²) < 4.78 is 28.9. The molecule has 9 heteroatoms. The van der Waals surface area contributed by atoms with Crippen LogP contribution in [-0.4, -0.2) is 29.5 Å². The van der Waals surface area contributed by atoms with E-state index in [0.717, 1.165) is 4.57 Å². The Bertz CT molecular complexity index is 928. The molecule has 1 aromatic heterocycles. The molecule has 0 aliphatic heterocycles. The van der Waals surface area contributed by atoms with E-state index in [4.69, 9.17) is 15.4 Å². The molecule has 0 saturated carbocycles. The minimum atomic E-state index is -3.91. The van der Waals surface area contributed by atoms with E-state index in [2.05, 4.69) is 4.98 Å². The monoisotopic (exact) mass is 358 g/mol. The van der Waals surface area contributed by atoms with Crippen LogP contribution in [0.25, 0.3) is 10.9 Å². The Morgan fingerprint density at radius 3 is 2.57 bits per heavy atom. The first-order valence-electron chi connectivity index (χ1n) is 6.63. The Morgan fingerprint density at radius 2 is 2.00 bits per heavy atom. The van der Waals surface area contributed by atoms with E-state index in [-0.39, 0.29) is 22.3 Å². The third-order valence-electron chi connectivity index (χ3n) is 2.80. The molecule has 7 nitrogen and oxygen atoms in total. The number of hydrogen-bond acceptors (Lipinski definition) is 6. The van der Waals surface area contributed by atoms with Crippen molar-refractivity contribution >= 4 is 36.6 Å². The van der Waals surface area contributed by atoms with Crippen LogP contribution in [0.15, 0.2) is 34.2 Å². The maximum absolute atomic E-state index is 12.3. The molecular weight excluding hydrogens is 344 g/mol. The molecule has 0 amide bonds. The van der Waals surface area contributed by atoms with E-state index in [9.17, 15) is 18.0 Å². The lowest BCUT2D eigenvalue weighted by Crippen LogP contribution is -2.30. The summed E-state index contributed by atoms with van der Waals surface area (Å²) in [5.74, 6) is -0.569. The van der Waals surface area contributed by atoms with Crippen LogP contribution in [0.1, 0.15) is 20.8 Å². The number of carbonyl (C=O) groups excluding carboxylic acids is 1. The van der Waals surface area contributed by atoms with Gasteiger partial charge in [-0.05, 0) is 39.0 Å². The number of carbonyl (C=O) groups is 1. The zero-order valence-electron chi connectivity index (χ0n) is 12.7. The number of fused-ring (bicyclic) bond motifs is 1. The highest BCUT2D eigenvalue weighted by molar-refractivity contribution is 8.13. The molecule has 0 spiro atoms. The number of rotatable bonds is 3. The molecule has 0 aliphatic carbocycles. The summed E-state index contributed by atoms with van der Waals surface area (Å²) >= 11 is 0. The highest BCUT2D eigenvalue weighted by Gasteiger charge is 2.18. The molecule has 0 saturated heterocycles. The van der Waals surface area contributed by atoms with E-state index >= 15 is 0 Å². The van der Waals surface area contributed by atoms with Gasteiger partial charge in [-0.2, -0.15) is 0 Å². The van der Waals surface area contributed by atoms with Crippen LogP contribution in [0.3, 0.4) is 0 Å². The molecule has 0 atom stereocenters. The van der Waals surface area contributed by atoms with Crippen molar-refractivity contribution < 1.29 is 17.9 Å². The van der Waals surface area contributed by atoms with Gasteiger partial charge in [0.25, 0.3) is 14.6 Å². The normalized spacial score (nSPS) is 12.3. The zero-order valence-corrected chi connectivity index (χ0v) is 14.3. The number of esters is 1. The number of hydrogen-bond donors (Lipinski definition) is 0. The second-order valence-electron chi connectivity index (χ2n) is 5.88. The van der Waals surface area contributed by atoms with Gasteiger partial charge >= 0.3 is 5.97 Å². The lowest BCUT2D eigenvalue weighted by molar-refractivity contribution is -0.155. The van der Waals surface area contributed by atoms with Crippen LogP contribution in [-0.2, 0) is 25.1 Å². The number of halogens is 1. The average Bonchev–Trinajstić information content (AvgIpc) is 2.38. The first kappa shape index (κ1) is 17.4. The first-order valence-corrected chi connectivity index (χ1v) is 8.94. The fourth-order valence-electron chi connectivity index (χ4n) is 1.92. The minimum absolute atomic E-state index is 0.150. The topological polar surface area (TPSA) is 95.3 Å². The maximum atomic E-state index is 12.3. The van der Waals surface area contributed by atoms with Crippen molar-refractivity contribution in [1.82, 2.24) is 9.55 Å². The van der Waals surface area contributed by atoms with Gasteiger partial charge in [0.15, 0.2) is 0 Å². The number of benzene rings is 1. The molecule has 0 unspecified atom stereocenters. The molecule has 0 aliphatic rings. The van der Waals surface area contributed by atoms with Crippen LogP contribution in [0.5, 0.6) is 0 Å². The Kier molecular flexibility index (Phi) is 4.50. The van der Waals surface area contributed by atoms with Gasteiger partial charge in [-0.1, -0.05) is 0 Å². The Balaban J connectivity index is 2.40. The number of ether oxygens (including phenoxy) is 1. The third-order valence-corrected chi connectivity index (χ3v) is 4.15. The van der Waals surface area contributed by atoms with Gasteiger partial charge in [0.2, 0.25) is 0 Å². The van der Waals surface area contributed by atoms with E-state index in [0.29, 0.717) is 0 Å². The molecule has 1 heterocycles. The first-order chi connectivity index (χ1) is 10.5. The van der Waals surface area contributed by atoms with Gasteiger partial charge in [0.05, 0.1) is 22.1 Å². The lowest BCUT2D eigenvalue weighted by atomic mass is 10.2.